The van der Waals surface area contributed by atoms with Crippen molar-refractivity contribution >= 4 is 5.69 Å². The van der Waals surface area contributed by atoms with Crippen LogP contribution in [-0.2, 0) is 6.42 Å². The predicted octanol–water partition coefficient (Wildman–Crippen LogP) is 1.52. The van der Waals surface area contributed by atoms with Gasteiger partial charge in [0.2, 0.25) is 5.88 Å². The van der Waals surface area contributed by atoms with Crippen LogP contribution in [0.2, 0.25) is 0 Å². The van der Waals surface area contributed by atoms with Gasteiger partial charge in [0.1, 0.15) is 5.82 Å². The largest absolute Gasteiger partial charge is 0.493 e. The van der Waals surface area contributed by atoms with Crippen molar-refractivity contribution in [2.24, 2.45) is 0 Å². The van der Waals surface area contributed by atoms with E-state index in [1.807, 2.05) is 18.2 Å². The van der Waals surface area contributed by atoms with Crippen molar-refractivity contribution in [1.82, 2.24) is 9.97 Å². The second-order valence-corrected chi connectivity index (χ2v) is 4.82. The van der Waals surface area contributed by atoms with Crippen LogP contribution in [0.25, 0.3) is 11.4 Å². The molecule has 0 unspecified atom stereocenters. The summed E-state index contributed by atoms with van der Waals surface area (Å²) in [7, 11) is 2.08. The highest BCUT2D eigenvalue weighted by molar-refractivity contribution is 5.65. The topological polar surface area (TPSA) is 69.2 Å². The molecule has 2 N–H and O–H groups in total. The zero-order chi connectivity index (χ0) is 13.4. The molecule has 1 aromatic carbocycles. The van der Waals surface area contributed by atoms with Gasteiger partial charge in [0.15, 0.2) is 0 Å². The van der Waals surface area contributed by atoms with E-state index in [-0.39, 0.29) is 11.4 Å². The standard InChI is InChI=1S/C14H15N3O2/c1-17-6-2-3-9-7-10(4-5-11(9)17)14-15-12(18)8-13(19)16-14/h4-5,7-8H,2-3,6H2,1H3,(H2,15,16,18,19). The third-order valence-corrected chi connectivity index (χ3v) is 3.43. The number of hydrogen-bond donors (Lipinski definition) is 2. The fourth-order valence-electron chi connectivity index (χ4n) is 2.51. The van der Waals surface area contributed by atoms with Gasteiger partial charge >= 0.3 is 0 Å². The summed E-state index contributed by atoms with van der Waals surface area (Å²) in [6.07, 6.45) is 2.15. The normalized spacial score (nSPS) is 14.3. The number of anilines is 1. The van der Waals surface area contributed by atoms with Gasteiger partial charge in [-0.1, -0.05) is 0 Å². The molecule has 0 spiro atoms. The summed E-state index contributed by atoms with van der Waals surface area (Å²) < 4.78 is 0. The molecule has 1 aliphatic heterocycles. The zero-order valence-electron chi connectivity index (χ0n) is 10.7. The minimum atomic E-state index is -0.350. The molecule has 0 bridgehead atoms. The molecular weight excluding hydrogens is 242 g/mol. The van der Waals surface area contributed by atoms with Gasteiger partial charge in [-0.15, -0.1) is 0 Å². The molecule has 5 nitrogen and oxygen atoms in total. The van der Waals surface area contributed by atoms with E-state index >= 15 is 0 Å². The van der Waals surface area contributed by atoms with E-state index in [9.17, 15) is 9.90 Å². The Balaban J connectivity index is 2.09. The summed E-state index contributed by atoms with van der Waals surface area (Å²) in [5, 5.41) is 9.40. The summed E-state index contributed by atoms with van der Waals surface area (Å²) in [5.74, 6) is 0.148. The third kappa shape index (κ3) is 2.19. The first-order valence-corrected chi connectivity index (χ1v) is 6.28. The van der Waals surface area contributed by atoms with Crippen LogP contribution < -0.4 is 10.5 Å². The summed E-state index contributed by atoms with van der Waals surface area (Å²) in [6.45, 7) is 1.06. The van der Waals surface area contributed by atoms with Gasteiger partial charge in [0.25, 0.3) is 5.56 Å². The van der Waals surface area contributed by atoms with Gasteiger partial charge in [0.05, 0.1) is 6.07 Å². The maximum atomic E-state index is 11.4. The quantitative estimate of drug-likeness (QED) is 0.812. The first-order chi connectivity index (χ1) is 9.13. The molecule has 19 heavy (non-hydrogen) atoms. The minimum Gasteiger partial charge on any atom is -0.493 e. The molecule has 0 saturated carbocycles. The summed E-state index contributed by atoms with van der Waals surface area (Å²) >= 11 is 0. The Labute approximate surface area is 110 Å². The van der Waals surface area contributed by atoms with Crippen molar-refractivity contribution in [2.75, 3.05) is 18.5 Å². The highest BCUT2D eigenvalue weighted by atomic mass is 16.3. The molecule has 3 rings (SSSR count). The van der Waals surface area contributed by atoms with Crippen LogP contribution in [0.15, 0.2) is 29.1 Å². The Morgan fingerprint density at radius 1 is 1.37 bits per heavy atom. The van der Waals surface area contributed by atoms with Crippen molar-refractivity contribution < 1.29 is 5.11 Å². The van der Waals surface area contributed by atoms with E-state index in [1.54, 1.807) is 0 Å². The van der Waals surface area contributed by atoms with Crippen LogP contribution >= 0.6 is 0 Å². The lowest BCUT2D eigenvalue weighted by molar-refractivity contribution is 0.452. The predicted molar refractivity (Wildman–Crippen MR) is 73.5 cm³/mol. The molecule has 1 aliphatic rings. The number of nitrogens with one attached hydrogen (secondary N) is 1. The number of benzene rings is 1. The Morgan fingerprint density at radius 2 is 2.21 bits per heavy atom. The maximum Gasteiger partial charge on any atom is 0.254 e. The molecular formula is C14H15N3O2. The number of aromatic amines is 1. The van der Waals surface area contributed by atoms with Gasteiger partial charge < -0.3 is 15.0 Å². The van der Waals surface area contributed by atoms with Gasteiger partial charge in [0, 0.05) is 24.8 Å². The van der Waals surface area contributed by atoms with E-state index in [0.717, 1.165) is 31.0 Å². The Hall–Kier alpha value is -2.30. The highest BCUT2D eigenvalue weighted by Gasteiger charge is 2.14. The van der Waals surface area contributed by atoms with Crippen molar-refractivity contribution in [3.05, 3.63) is 40.2 Å². The Bertz CT molecular complexity index is 679. The second-order valence-electron chi connectivity index (χ2n) is 4.82. The average Bonchev–Trinajstić information content (AvgIpc) is 2.37. The number of hydrogen-bond acceptors (Lipinski definition) is 4. The Morgan fingerprint density at radius 3 is 3.00 bits per heavy atom. The smallest absolute Gasteiger partial charge is 0.254 e. The molecule has 0 aliphatic carbocycles. The number of aromatic nitrogens is 2. The van der Waals surface area contributed by atoms with Crippen LogP contribution in [-0.4, -0.2) is 28.7 Å². The van der Waals surface area contributed by atoms with Gasteiger partial charge in [-0.05, 0) is 36.6 Å². The molecule has 1 aromatic heterocycles. The summed E-state index contributed by atoms with van der Waals surface area (Å²) in [4.78, 5) is 20.2. The van der Waals surface area contributed by atoms with Crippen molar-refractivity contribution in [3.8, 4) is 17.3 Å². The number of fused-ring (bicyclic) bond motifs is 1. The van der Waals surface area contributed by atoms with Crippen molar-refractivity contribution in [1.29, 1.82) is 0 Å². The van der Waals surface area contributed by atoms with E-state index in [0.29, 0.717) is 5.82 Å². The number of aromatic hydroxyl groups is 1. The molecule has 0 amide bonds. The van der Waals surface area contributed by atoms with E-state index in [1.165, 1.54) is 11.3 Å². The summed E-state index contributed by atoms with van der Waals surface area (Å²) in [5.41, 5.74) is 2.94. The van der Waals surface area contributed by atoms with E-state index in [4.69, 9.17) is 0 Å². The van der Waals surface area contributed by atoms with E-state index in [2.05, 4.69) is 21.9 Å². The number of rotatable bonds is 1. The summed E-state index contributed by atoms with van der Waals surface area (Å²) in [6, 6.07) is 7.05. The van der Waals surface area contributed by atoms with Crippen molar-refractivity contribution in [3.63, 3.8) is 0 Å². The lowest BCUT2D eigenvalue weighted by Crippen LogP contribution is -2.24. The van der Waals surface area contributed by atoms with Crippen molar-refractivity contribution in [2.45, 2.75) is 12.8 Å². The van der Waals surface area contributed by atoms with Crippen LogP contribution in [0.1, 0.15) is 12.0 Å². The molecule has 0 atom stereocenters. The van der Waals surface area contributed by atoms with Crippen LogP contribution in [0.3, 0.4) is 0 Å². The van der Waals surface area contributed by atoms with Gasteiger partial charge in [-0.25, -0.2) is 0 Å². The molecule has 2 heterocycles. The number of H-pyrrole nitrogens is 1. The van der Waals surface area contributed by atoms with Crippen LogP contribution in [0.5, 0.6) is 5.88 Å². The number of aryl methyl sites for hydroxylation is 1. The maximum absolute atomic E-state index is 11.4. The first-order valence-electron chi connectivity index (χ1n) is 6.28. The fourth-order valence-corrected chi connectivity index (χ4v) is 2.51. The number of nitrogens with zero attached hydrogens (tertiary/aromatic N) is 2. The highest BCUT2D eigenvalue weighted by Crippen LogP contribution is 2.29. The fraction of sp³-hybridized carbons (Fsp3) is 0.286. The lowest BCUT2D eigenvalue weighted by atomic mass is 9.99. The molecule has 98 valence electrons. The third-order valence-electron chi connectivity index (χ3n) is 3.43. The lowest BCUT2D eigenvalue weighted by Gasteiger charge is -2.27. The molecule has 0 fully saturated rings. The van der Waals surface area contributed by atoms with Gasteiger partial charge in [-0.3, -0.25) is 4.79 Å². The van der Waals surface area contributed by atoms with Crippen LogP contribution in [0.4, 0.5) is 5.69 Å². The van der Waals surface area contributed by atoms with E-state index < -0.39 is 0 Å². The first kappa shape index (κ1) is 11.8. The minimum absolute atomic E-state index is 0.256. The molecule has 2 aromatic rings. The molecule has 5 heteroatoms. The monoisotopic (exact) mass is 257 g/mol. The Kier molecular flexibility index (Phi) is 2.74. The van der Waals surface area contributed by atoms with Crippen LogP contribution in [0, 0.1) is 0 Å². The zero-order valence-corrected chi connectivity index (χ0v) is 10.7. The molecule has 0 radical (unpaired) electrons. The second kappa shape index (κ2) is 4.42. The SMILES string of the molecule is CN1CCCc2cc(-c3nc(O)cc(=O)[nH]3)ccc21. The van der Waals surface area contributed by atoms with Gasteiger partial charge in [-0.2, -0.15) is 4.98 Å². The average molecular weight is 257 g/mol. The molecule has 0 saturated heterocycles.